The Morgan fingerprint density at radius 1 is 1.12 bits per heavy atom. The zero-order valence-corrected chi connectivity index (χ0v) is 16.9. The maximum Gasteiger partial charge on any atom is 0.243 e. The molecule has 7 heteroatoms. The smallest absolute Gasteiger partial charge is 0.243 e. The molecule has 1 aliphatic carbocycles. The molecule has 0 aromatic heterocycles. The largest absolute Gasteiger partial charge is 0.325 e. The molecule has 1 amide bonds. The van der Waals surface area contributed by atoms with Gasteiger partial charge in [-0.15, -0.1) is 0 Å². The molecule has 0 unspecified atom stereocenters. The molecule has 6 nitrogen and oxygen atoms in total. The maximum atomic E-state index is 12.5. The number of rotatable bonds is 11. The van der Waals surface area contributed by atoms with Crippen LogP contribution in [-0.4, -0.2) is 56.3 Å². The van der Waals surface area contributed by atoms with Crippen molar-refractivity contribution >= 4 is 21.6 Å². The zero-order valence-electron chi connectivity index (χ0n) is 16.1. The highest BCUT2D eigenvalue weighted by Crippen LogP contribution is 2.29. The molecule has 1 aromatic rings. The first-order valence-electron chi connectivity index (χ1n) is 9.53. The molecule has 1 fully saturated rings. The number of carbonyl (C=O) groups is 1. The van der Waals surface area contributed by atoms with Crippen molar-refractivity contribution in [2.75, 3.05) is 38.0 Å². The molecule has 0 aliphatic heterocycles. The van der Waals surface area contributed by atoms with Crippen LogP contribution in [0.1, 0.15) is 40.0 Å². The van der Waals surface area contributed by atoms with Crippen LogP contribution in [0.5, 0.6) is 0 Å². The summed E-state index contributed by atoms with van der Waals surface area (Å²) in [6.07, 6.45) is 3.56. The van der Waals surface area contributed by atoms with E-state index in [2.05, 4.69) is 17.1 Å². The molecule has 0 radical (unpaired) electrons. The van der Waals surface area contributed by atoms with Crippen LogP contribution >= 0.6 is 0 Å². The van der Waals surface area contributed by atoms with Crippen LogP contribution in [0.4, 0.5) is 5.69 Å². The van der Waals surface area contributed by atoms with Gasteiger partial charge in [-0.05, 0) is 56.0 Å². The summed E-state index contributed by atoms with van der Waals surface area (Å²) in [5, 5.41) is 2.87. The van der Waals surface area contributed by atoms with Crippen LogP contribution in [0.25, 0.3) is 0 Å². The van der Waals surface area contributed by atoms with E-state index >= 15 is 0 Å². The van der Waals surface area contributed by atoms with Gasteiger partial charge in [-0.2, -0.15) is 4.31 Å². The van der Waals surface area contributed by atoms with Crippen molar-refractivity contribution < 1.29 is 13.2 Å². The minimum absolute atomic E-state index is 0.0570. The summed E-state index contributed by atoms with van der Waals surface area (Å²) in [5.74, 6) is 0.692. The lowest BCUT2D eigenvalue weighted by Crippen LogP contribution is -2.35. The summed E-state index contributed by atoms with van der Waals surface area (Å²) in [5.41, 5.74) is 0.622. The van der Waals surface area contributed by atoms with Gasteiger partial charge in [0.05, 0.1) is 11.4 Å². The molecule has 2 rings (SSSR count). The van der Waals surface area contributed by atoms with Crippen molar-refractivity contribution in [3.05, 3.63) is 24.3 Å². The van der Waals surface area contributed by atoms with E-state index in [4.69, 9.17) is 0 Å². The molecule has 146 valence electrons. The van der Waals surface area contributed by atoms with Crippen molar-refractivity contribution in [2.45, 2.75) is 44.9 Å². The molecule has 0 spiro atoms. The summed E-state index contributed by atoms with van der Waals surface area (Å²) in [7, 11) is -3.47. The van der Waals surface area contributed by atoms with Crippen molar-refractivity contribution in [1.29, 1.82) is 0 Å². The number of benzene rings is 1. The number of carbonyl (C=O) groups excluding carboxylic acids is 1. The molecule has 1 saturated carbocycles. The highest BCUT2D eigenvalue weighted by atomic mass is 32.2. The lowest BCUT2D eigenvalue weighted by Gasteiger charge is -2.21. The minimum Gasteiger partial charge on any atom is -0.325 e. The highest BCUT2D eigenvalue weighted by Gasteiger charge is 2.25. The first kappa shape index (κ1) is 20.9. The van der Waals surface area contributed by atoms with E-state index in [0.717, 1.165) is 25.4 Å². The number of anilines is 1. The van der Waals surface area contributed by atoms with Crippen LogP contribution < -0.4 is 5.32 Å². The lowest BCUT2D eigenvalue weighted by atomic mass is 10.3. The van der Waals surface area contributed by atoms with E-state index < -0.39 is 10.0 Å². The standard InChI is InChI=1S/C19H31N3O3S/c1-4-13-21(14-16-7-8-16)15-19(23)20-17-9-11-18(12-10-17)26(24,25)22(5-2)6-3/h9-12,16H,4-8,13-15H2,1-3H3,(H,20,23). The molecule has 1 aromatic carbocycles. The van der Waals surface area contributed by atoms with Gasteiger partial charge in [-0.3, -0.25) is 9.69 Å². The number of nitrogens with zero attached hydrogens (tertiary/aromatic N) is 2. The number of amides is 1. The van der Waals surface area contributed by atoms with E-state index in [9.17, 15) is 13.2 Å². The second-order valence-electron chi connectivity index (χ2n) is 6.84. The molecular formula is C19H31N3O3S. The average molecular weight is 382 g/mol. The fourth-order valence-electron chi connectivity index (χ4n) is 3.04. The fraction of sp³-hybridized carbons (Fsp3) is 0.632. The van der Waals surface area contributed by atoms with Gasteiger partial charge in [0.15, 0.2) is 0 Å². The van der Waals surface area contributed by atoms with Crippen LogP contribution in [0, 0.1) is 5.92 Å². The van der Waals surface area contributed by atoms with Crippen LogP contribution in [0.3, 0.4) is 0 Å². The monoisotopic (exact) mass is 381 g/mol. The third kappa shape index (κ3) is 5.79. The number of hydrogen-bond donors (Lipinski definition) is 1. The summed E-state index contributed by atoms with van der Waals surface area (Å²) < 4.78 is 26.4. The highest BCUT2D eigenvalue weighted by molar-refractivity contribution is 7.89. The Morgan fingerprint density at radius 2 is 1.73 bits per heavy atom. The molecule has 1 aliphatic rings. The second kappa shape index (κ2) is 9.48. The Balaban J connectivity index is 1.96. The van der Waals surface area contributed by atoms with Gasteiger partial charge in [0.2, 0.25) is 15.9 Å². The minimum atomic E-state index is -3.47. The molecule has 0 heterocycles. The summed E-state index contributed by atoms with van der Waals surface area (Å²) >= 11 is 0. The van der Waals surface area contributed by atoms with Crippen LogP contribution in [0.15, 0.2) is 29.2 Å². The zero-order chi connectivity index (χ0) is 19.2. The van der Waals surface area contributed by atoms with Crippen LogP contribution in [-0.2, 0) is 14.8 Å². The Morgan fingerprint density at radius 3 is 2.23 bits per heavy atom. The number of nitrogens with one attached hydrogen (secondary N) is 1. The molecular weight excluding hydrogens is 350 g/mol. The summed E-state index contributed by atoms with van der Waals surface area (Å²) in [6.45, 7) is 8.92. The van der Waals surface area contributed by atoms with Gasteiger partial charge < -0.3 is 5.32 Å². The lowest BCUT2D eigenvalue weighted by molar-refractivity contribution is -0.117. The average Bonchev–Trinajstić information content (AvgIpc) is 3.40. The number of hydrogen-bond acceptors (Lipinski definition) is 4. The Kier molecular flexibility index (Phi) is 7.61. The van der Waals surface area contributed by atoms with Gasteiger partial charge in [-0.1, -0.05) is 20.8 Å². The predicted octanol–water partition coefficient (Wildman–Crippen LogP) is 2.78. The number of sulfonamides is 1. The first-order valence-corrected chi connectivity index (χ1v) is 11.0. The van der Waals surface area contributed by atoms with Gasteiger partial charge in [0.1, 0.15) is 0 Å². The third-order valence-corrected chi connectivity index (χ3v) is 6.67. The van der Waals surface area contributed by atoms with Crippen molar-refractivity contribution in [3.8, 4) is 0 Å². The van der Waals surface area contributed by atoms with Gasteiger partial charge in [-0.25, -0.2) is 8.42 Å². The van der Waals surface area contributed by atoms with E-state index in [1.165, 1.54) is 17.1 Å². The normalized spacial score (nSPS) is 14.8. The molecule has 0 bridgehead atoms. The first-order chi connectivity index (χ1) is 12.4. The Hall–Kier alpha value is -1.44. The summed E-state index contributed by atoms with van der Waals surface area (Å²) in [6, 6.07) is 6.41. The van der Waals surface area contributed by atoms with Gasteiger partial charge in [0.25, 0.3) is 0 Å². The SMILES string of the molecule is CCCN(CC(=O)Nc1ccc(S(=O)(=O)N(CC)CC)cc1)CC1CC1. The van der Waals surface area contributed by atoms with E-state index in [1.807, 2.05) is 13.8 Å². The van der Waals surface area contributed by atoms with Crippen LogP contribution in [0.2, 0.25) is 0 Å². The summed E-state index contributed by atoms with van der Waals surface area (Å²) in [4.78, 5) is 14.8. The molecule has 26 heavy (non-hydrogen) atoms. The quantitative estimate of drug-likeness (QED) is 0.640. The molecule has 0 saturated heterocycles. The van der Waals surface area contributed by atoms with Gasteiger partial charge in [0, 0.05) is 25.3 Å². The van der Waals surface area contributed by atoms with E-state index in [1.54, 1.807) is 24.3 Å². The van der Waals surface area contributed by atoms with Crippen molar-refractivity contribution in [2.24, 2.45) is 5.92 Å². The Labute approximate surface area is 157 Å². The predicted molar refractivity (Wildman–Crippen MR) is 105 cm³/mol. The third-order valence-electron chi connectivity index (χ3n) is 4.60. The van der Waals surface area contributed by atoms with Gasteiger partial charge >= 0.3 is 0 Å². The molecule has 1 N–H and O–H groups in total. The topological polar surface area (TPSA) is 69.7 Å². The molecule has 0 atom stereocenters. The van der Waals surface area contributed by atoms with Crippen molar-refractivity contribution in [1.82, 2.24) is 9.21 Å². The maximum absolute atomic E-state index is 12.5. The van der Waals surface area contributed by atoms with E-state index in [-0.39, 0.29) is 10.8 Å². The Bertz CT molecular complexity index is 680. The second-order valence-corrected chi connectivity index (χ2v) is 8.78. The van der Waals surface area contributed by atoms with Crippen molar-refractivity contribution in [3.63, 3.8) is 0 Å². The fourth-order valence-corrected chi connectivity index (χ4v) is 4.50. The van der Waals surface area contributed by atoms with E-state index in [0.29, 0.717) is 25.3 Å².